The molecule has 5 rings (SSSR count). The van der Waals surface area contributed by atoms with Gasteiger partial charge in [-0.1, -0.05) is 90.5 Å². The molecule has 0 aliphatic heterocycles. The van der Waals surface area contributed by atoms with E-state index < -0.39 is 0 Å². The van der Waals surface area contributed by atoms with E-state index in [4.69, 9.17) is 0 Å². The molecule has 1 aliphatic carbocycles. The van der Waals surface area contributed by atoms with Crippen molar-refractivity contribution in [3.63, 3.8) is 0 Å². The standard InChI is InChI=1S/C24H18/c1-16-11-13-20-22(15-16)23(18-8-3-2-4-9-18)21-14-12-17-7-5-6-10-19(17)24(20)21/h2-15,23H,1H3. The van der Waals surface area contributed by atoms with Gasteiger partial charge >= 0.3 is 0 Å². The maximum absolute atomic E-state index is 2.36. The topological polar surface area (TPSA) is 0 Å². The first-order valence-corrected chi connectivity index (χ1v) is 8.50. The quantitative estimate of drug-likeness (QED) is 0.340. The minimum Gasteiger partial charge on any atom is -0.0622 e. The van der Waals surface area contributed by atoms with Crippen molar-refractivity contribution in [3.05, 3.63) is 107 Å². The number of hydrogen-bond donors (Lipinski definition) is 0. The van der Waals surface area contributed by atoms with Crippen LogP contribution in [0.15, 0.2) is 84.9 Å². The Morgan fingerprint density at radius 2 is 1.46 bits per heavy atom. The molecule has 4 aromatic carbocycles. The first-order valence-electron chi connectivity index (χ1n) is 8.50. The highest BCUT2D eigenvalue weighted by molar-refractivity contribution is 6.02. The first kappa shape index (κ1) is 13.6. The van der Waals surface area contributed by atoms with E-state index >= 15 is 0 Å². The summed E-state index contributed by atoms with van der Waals surface area (Å²) in [6.07, 6.45) is 0. The fourth-order valence-electron chi connectivity index (χ4n) is 4.15. The van der Waals surface area contributed by atoms with E-state index in [1.165, 1.54) is 44.2 Å². The summed E-state index contributed by atoms with van der Waals surface area (Å²) in [6, 6.07) is 31.1. The molecule has 0 fully saturated rings. The second kappa shape index (κ2) is 5.07. The fraction of sp³-hybridized carbons (Fsp3) is 0.0833. The number of fused-ring (bicyclic) bond motifs is 5. The summed E-state index contributed by atoms with van der Waals surface area (Å²) in [5.41, 5.74) is 8.37. The Morgan fingerprint density at radius 1 is 0.667 bits per heavy atom. The molecule has 1 unspecified atom stereocenters. The Hall–Kier alpha value is -2.86. The van der Waals surface area contributed by atoms with Crippen molar-refractivity contribution < 1.29 is 0 Å². The van der Waals surface area contributed by atoms with Crippen LogP contribution in [-0.4, -0.2) is 0 Å². The van der Waals surface area contributed by atoms with Crippen molar-refractivity contribution >= 4 is 10.8 Å². The lowest BCUT2D eigenvalue weighted by Crippen LogP contribution is -1.99. The number of aryl methyl sites for hydroxylation is 1. The van der Waals surface area contributed by atoms with Crippen molar-refractivity contribution in [2.75, 3.05) is 0 Å². The lowest BCUT2D eigenvalue weighted by molar-refractivity contribution is 1.01. The van der Waals surface area contributed by atoms with Crippen molar-refractivity contribution in [2.24, 2.45) is 0 Å². The Bertz CT molecular complexity index is 1060. The summed E-state index contributed by atoms with van der Waals surface area (Å²) < 4.78 is 0. The molecular weight excluding hydrogens is 288 g/mol. The van der Waals surface area contributed by atoms with Crippen LogP contribution in [0.3, 0.4) is 0 Å². The molecule has 0 spiro atoms. The Balaban J connectivity index is 1.90. The van der Waals surface area contributed by atoms with Crippen LogP contribution < -0.4 is 0 Å². The molecule has 0 saturated carbocycles. The molecule has 0 amide bonds. The lowest BCUT2D eigenvalue weighted by atomic mass is 9.88. The molecule has 0 radical (unpaired) electrons. The van der Waals surface area contributed by atoms with Gasteiger partial charge in [0.25, 0.3) is 0 Å². The highest BCUT2D eigenvalue weighted by Crippen LogP contribution is 2.50. The maximum Gasteiger partial charge on any atom is 0.0352 e. The number of hydrogen-bond acceptors (Lipinski definition) is 0. The third kappa shape index (κ3) is 1.86. The molecular formula is C24H18. The summed E-state index contributed by atoms with van der Waals surface area (Å²) in [4.78, 5) is 0. The molecule has 4 aromatic rings. The summed E-state index contributed by atoms with van der Waals surface area (Å²) in [7, 11) is 0. The zero-order valence-corrected chi connectivity index (χ0v) is 13.7. The van der Waals surface area contributed by atoms with Gasteiger partial charge in [0.15, 0.2) is 0 Å². The number of benzene rings is 4. The van der Waals surface area contributed by atoms with E-state index in [2.05, 4.69) is 91.9 Å². The minimum absolute atomic E-state index is 0.334. The van der Waals surface area contributed by atoms with Gasteiger partial charge in [-0.25, -0.2) is 0 Å². The van der Waals surface area contributed by atoms with Crippen LogP contribution >= 0.6 is 0 Å². The van der Waals surface area contributed by atoms with Gasteiger partial charge in [0, 0.05) is 5.92 Å². The molecule has 0 bridgehead atoms. The van der Waals surface area contributed by atoms with Gasteiger partial charge in [-0.05, 0) is 45.5 Å². The maximum atomic E-state index is 2.36. The summed E-state index contributed by atoms with van der Waals surface area (Å²) >= 11 is 0. The molecule has 0 N–H and O–H groups in total. The van der Waals surface area contributed by atoms with Crippen LogP contribution in [-0.2, 0) is 0 Å². The third-order valence-corrected chi connectivity index (χ3v) is 5.19. The molecule has 24 heavy (non-hydrogen) atoms. The average molecular weight is 306 g/mol. The second-order valence-electron chi connectivity index (χ2n) is 6.69. The molecule has 1 aliphatic rings. The van der Waals surface area contributed by atoms with E-state index in [1.54, 1.807) is 0 Å². The summed E-state index contributed by atoms with van der Waals surface area (Å²) in [6.45, 7) is 2.18. The zero-order chi connectivity index (χ0) is 16.1. The largest absolute Gasteiger partial charge is 0.0622 e. The van der Waals surface area contributed by atoms with Gasteiger partial charge in [0.1, 0.15) is 0 Å². The summed E-state index contributed by atoms with van der Waals surface area (Å²) in [5.74, 6) is 0.334. The predicted molar refractivity (Wildman–Crippen MR) is 102 cm³/mol. The first-order chi connectivity index (χ1) is 11.8. The highest BCUT2D eigenvalue weighted by atomic mass is 14.3. The van der Waals surface area contributed by atoms with Crippen LogP contribution in [0.25, 0.3) is 21.9 Å². The highest BCUT2D eigenvalue weighted by Gasteiger charge is 2.30. The van der Waals surface area contributed by atoms with Crippen molar-refractivity contribution in [1.29, 1.82) is 0 Å². The second-order valence-corrected chi connectivity index (χ2v) is 6.69. The molecule has 0 heteroatoms. The van der Waals surface area contributed by atoms with Gasteiger partial charge < -0.3 is 0 Å². The van der Waals surface area contributed by atoms with Gasteiger partial charge in [-0.2, -0.15) is 0 Å². The SMILES string of the molecule is Cc1ccc2c(c1)C(c1ccccc1)c1ccc3ccccc3c1-2. The zero-order valence-electron chi connectivity index (χ0n) is 13.7. The van der Waals surface area contributed by atoms with Crippen LogP contribution in [0.2, 0.25) is 0 Å². The van der Waals surface area contributed by atoms with E-state index in [9.17, 15) is 0 Å². The van der Waals surface area contributed by atoms with Crippen molar-refractivity contribution in [2.45, 2.75) is 12.8 Å². The van der Waals surface area contributed by atoms with E-state index in [1.807, 2.05) is 0 Å². The Kier molecular flexibility index (Phi) is 2.87. The van der Waals surface area contributed by atoms with E-state index in [0.29, 0.717) is 5.92 Å². The third-order valence-electron chi connectivity index (χ3n) is 5.19. The van der Waals surface area contributed by atoms with Gasteiger partial charge in [-0.3, -0.25) is 0 Å². The van der Waals surface area contributed by atoms with Crippen LogP contribution in [0, 0.1) is 6.92 Å². The predicted octanol–water partition coefficient (Wildman–Crippen LogP) is 6.31. The molecule has 1 atom stereocenters. The smallest absolute Gasteiger partial charge is 0.0352 e. The molecule has 0 saturated heterocycles. The lowest BCUT2D eigenvalue weighted by Gasteiger charge is -2.15. The monoisotopic (exact) mass is 306 g/mol. The van der Waals surface area contributed by atoms with Gasteiger partial charge in [0.05, 0.1) is 0 Å². The van der Waals surface area contributed by atoms with E-state index in [0.717, 1.165) is 0 Å². The Morgan fingerprint density at radius 3 is 2.33 bits per heavy atom. The van der Waals surface area contributed by atoms with Crippen molar-refractivity contribution in [1.82, 2.24) is 0 Å². The van der Waals surface area contributed by atoms with Gasteiger partial charge in [-0.15, -0.1) is 0 Å². The average Bonchev–Trinajstić information content (AvgIpc) is 2.96. The molecule has 0 heterocycles. The molecule has 0 nitrogen and oxygen atoms in total. The molecule has 0 aromatic heterocycles. The van der Waals surface area contributed by atoms with Crippen LogP contribution in [0.4, 0.5) is 0 Å². The minimum atomic E-state index is 0.334. The van der Waals surface area contributed by atoms with Crippen LogP contribution in [0.5, 0.6) is 0 Å². The number of rotatable bonds is 1. The van der Waals surface area contributed by atoms with Crippen molar-refractivity contribution in [3.8, 4) is 11.1 Å². The Labute approximate surface area is 142 Å². The van der Waals surface area contributed by atoms with Crippen LogP contribution in [0.1, 0.15) is 28.2 Å². The fourth-order valence-corrected chi connectivity index (χ4v) is 4.15. The molecule has 114 valence electrons. The van der Waals surface area contributed by atoms with E-state index in [-0.39, 0.29) is 0 Å². The van der Waals surface area contributed by atoms with Gasteiger partial charge in [0.2, 0.25) is 0 Å². The normalized spacial score (nSPS) is 15.3. The summed E-state index contributed by atoms with van der Waals surface area (Å²) in [5, 5.41) is 2.68.